The molecule has 0 unspecified atom stereocenters. The second-order valence-corrected chi connectivity index (χ2v) is 7.21. The Bertz CT molecular complexity index is 611. The fraction of sp³-hybridized carbons (Fsp3) is 0.571. The quantitative estimate of drug-likeness (QED) is 0.385. The number of ether oxygens (including phenoxy) is 2. The largest absolute Gasteiger partial charge is 0.459 e. The van der Waals surface area contributed by atoms with Crippen LogP contribution in [0, 0.1) is 11.8 Å². The lowest BCUT2D eigenvalue weighted by molar-refractivity contribution is -0.276. The minimum absolute atomic E-state index is 0.0520. The average Bonchev–Trinajstić information content (AvgIpc) is 2.60. The van der Waals surface area contributed by atoms with Crippen LogP contribution in [-0.2, 0) is 19.9 Å². The maximum absolute atomic E-state index is 13.8. The number of carbonyl (C=O) groups excluding carboxylic acids is 1. The van der Waals surface area contributed by atoms with Crippen LogP contribution in [-0.4, -0.2) is 25.9 Å². The molecule has 0 aromatic heterocycles. The molecule has 27 heavy (non-hydrogen) atoms. The summed E-state index contributed by atoms with van der Waals surface area (Å²) in [7, 11) is 0.852. The summed E-state index contributed by atoms with van der Waals surface area (Å²) in [5.41, 5.74) is -2.89. The smallest absolute Gasteiger partial charge is 0.432 e. The van der Waals surface area contributed by atoms with Gasteiger partial charge in [0, 0.05) is 12.7 Å². The maximum atomic E-state index is 13.8. The molecule has 0 spiro atoms. The molecular weight excluding hydrogens is 357 g/mol. The topological polar surface area (TPSA) is 35.5 Å². The van der Waals surface area contributed by atoms with Gasteiger partial charge in [0.15, 0.2) is 0 Å². The molecule has 3 nitrogen and oxygen atoms in total. The van der Waals surface area contributed by atoms with E-state index < -0.39 is 17.7 Å². The molecule has 0 radical (unpaired) electrons. The fourth-order valence-corrected chi connectivity index (χ4v) is 2.83. The van der Waals surface area contributed by atoms with Crippen molar-refractivity contribution >= 4 is 5.97 Å². The lowest BCUT2D eigenvalue weighted by Crippen LogP contribution is -2.51. The summed E-state index contributed by atoms with van der Waals surface area (Å²) in [6, 6.07) is 6.78. The molecule has 0 bridgehead atoms. The van der Waals surface area contributed by atoms with Gasteiger partial charge in [0.05, 0.1) is 0 Å². The van der Waals surface area contributed by atoms with Gasteiger partial charge in [-0.3, -0.25) is 0 Å². The first-order valence-corrected chi connectivity index (χ1v) is 9.08. The van der Waals surface area contributed by atoms with E-state index in [0.717, 1.165) is 26.4 Å². The third-order valence-electron chi connectivity index (χ3n) is 4.68. The summed E-state index contributed by atoms with van der Waals surface area (Å²) in [5, 5.41) is 0. The monoisotopic (exact) mass is 386 g/mol. The van der Waals surface area contributed by atoms with Crippen molar-refractivity contribution in [1.82, 2.24) is 0 Å². The number of carbonyl (C=O) groups is 1. The molecule has 1 rings (SSSR count). The van der Waals surface area contributed by atoms with Gasteiger partial charge in [0.25, 0.3) is 5.60 Å². The lowest BCUT2D eigenvalue weighted by atomic mass is 9.92. The zero-order valence-corrected chi connectivity index (χ0v) is 16.4. The second-order valence-electron chi connectivity index (χ2n) is 7.21. The van der Waals surface area contributed by atoms with Crippen LogP contribution in [0.4, 0.5) is 13.2 Å². The van der Waals surface area contributed by atoms with Gasteiger partial charge in [-0.15, -0.1) is 0 Å². The summed E-state index contributed by atoms with van der Waals surface area (Å²) in [6.07, 6.45) is -2.07. The third kappa shape index (κ3) is 5.83. The van der Waals surface area contributed by atoms with Crippen LogP contribution in [0.5, 0.6) is 0 Å². The molecule has 0 aliphatic carbocycles. The van der Waals surface area contributed by atoms with Crippen molar-refractivity contribution in [3.05, 3.63) is 48.0 Å². The first kappa shape index (κ1) is 23.2. The zero-order chi connectivity index (χ0) is 20.7. The minimum atomic E-state index is -4.97. The van der Waals surface area contributed by atoms with E-state index in [1.54, 1.807) is 6.07 Å². The summed E-state index contributed by atoms with van der Waals surface area (Å²) in [5.74, 6) is -0.849. The summed E-state index contributed by atoms with van der Waals surface area (Å²) >= 11 is 0. The lowest BCUT2D eigenvalue weighted by Gasteiger charge is -2.32. The van der Waals surface area contributed by atoms with E-state index in [0.29, 0.717) is 11.5 Å². The van der Waals surface area contributed by atoms with Gasteiger partial charge >= 0.3 is 12.1 Å². The standard InChI is InChI=1S/C21H29F3O3/c1-15(2)10-9-11-16(3)17(4)14-27-19(25)20(26-5,21(22,23)24)18-12-7-6-8-13-18/h6-8,12-13,15-16H,4,9-11,14H2,1-3,5H3/t16-,20-/m1/s1. The van der Waals surface area contributed by atoms with E-state index in [-0.39, 0.29) is 18.1 Å². The Morgan fingerprint density at radius 3 is 2.19 bits per heavy atom. The molecule has 152 valence electrons. The van der Waals surface area contributed by atoms with Crippen LogP contribution in [0.15, 0.2) is 42.5 Å². The highest BCUT2D eigenvalue weighted by atomic mass is 19.4. The van der Waals surface area contributed by atoms with Crippen molar-refractivity contribution in [1.29, 1.82) is 0 Å². The average molecular weight is 386 g/mol. The molecule has 6 heteroatoms. The number of benzene rings is 1. The van der Waals surface area contributed by atoms with Crippen molar-refractivity contribution in [3.63, 3.8) is 0 Å². The van der Waals surface area contributed by atoms with Gasteiger partial charge in [0.2, 0.25) is 0 Å². The van der Waals surface area contributed by atoms with Crippen LogP contribution < -0.4 is 0 Å². The third-order valence-corrected chi connectivity index (χ3v) is 4.68. The molecule has 0 fully saturated rings. The summed E-state index contributed by atoms with van der Waals surface area (Å²) in [6.45, 7) is 9.79. The zero-order valence-electron chi connectivity index (χ0n) is 16.4. The van der Waals surface area contributed by atoms with E-state index in [2.05, 4.69) is 20.4 Å². The number of alkyl halides is 3. The van der Waals surface area contributed by atoms with Crippen molar-refractivity contribution in [2.75, 3.05) is 13.7 Å². The van der Waals surface area contributed by atoms with Crippen LogP contribution in [0.25, 0.3) is 0 Å². The number of hydrogen-bond donors (Lipinski definition) is 0. The van der Waals surface area contributed by atoms with Gasteiger partial charge in [-0.05, 0) is 23.8 Å². The second kappa shape index (κ2) is 9.93. The van der Waals surface area contributed by atoms with Crippen molar-refractivity contribution in [3.8, 4) is 0 Å². The number of rotatable bonds is 10. The van der Waals surface area contributed by atoms with Crippen LogP contribution in [0.2, 0.25) is 0 Å². The van der Waals surface area contributed by atoms with E-state index in [4.69, 9.17) is 9.47 Å². The molecule has 1 aromatic rings. The Labute approximate surface area is 159 Å². The molecule has 0 amide bonds. The Morgan fingerprint density at radius 1 is 1.11 bits per heavy atom. The molecule has 0 heterocycles. The van der Waals surface area contributed by atoms with E-state index in [1.165, 1.54) is 24.3 Å². The highest BCUT2D eigenvalue weighted by Gasteiger charge is 2.64. The van der Waals surface area contributed by atoms with E-state index in [1.807, 2.05) is 6.92 Å². The SMILES string of the molecule is C=C(COC(=O)[C@](OC)(c1ccccc1)C(F)(F)F)[C@H](C)CCCC(C)C. The minimum Gasteiger partial charge on any atom is -0.459 e. The van der Waals surface area contributed by atoms with Gasteiger partial charge in [-0.25, -0.2) is 4.79 Å². The molecule has 0 saturated heterocycles. The van der Waals surface area contributed by atoms with Crippen LogP contribution >= 0.6 is 0 Å². The van der Waals surface area contributed by atoms with Crippen LogP contribution in [0.3, 0.4) is 0 Å². The molecule has 0 saturated carbocycles. The first-order chi connectivity index (χ1) is 12.6. The molecule has 0 N–H and O–H groups in total. The fourth-order valence-electron chi connectivity index (χ4n) is 2.83. The summed E-state index contributed by atoms with van der Waals surface area (Å²) in [4.78, 5) is 12.5. The predicted molar refractivity (Wildman–Crippen MR) is 99.1 cm³/mol. The number of hydrogen-bond acceptors (Lipinski definition) is 3. The number of esters is 1. The molecular formula is C21H29F3O3. The molecule has 1 aromatic carbocycles. The van der Waals surface area contributed by atoms with Gasteiger partial charge in [0.1, 0.15) is 6.61 Å². The Morgan fingerprint density at radius 2 is 1.70 bits per heavy atom. The predicted octanol–water partition coefficient (Wildman–Crippen LogP) is 5.65. The van der Waals surface area contributed by atoms with Crippen molar-refractivity contribution in [2.24, 2.45) is 11.8 Å². The Kier molecular flexibility index (Phi) is 8.54. The molecule has 0 aliphatic rings. The van der Waals surface area contributed by atoms with E-state index in [9.17, 15) is 18.0 Å². The number of halogens is 3. The Hall–Kier alpha value is -1.82. The molecule has 2 atom stereocenters. The highest BCUT2D eigenvalue weighted by Crippen LogP contribution is 2.43. The molecule has 0 aliphatic heterocycles. The highest BCUT2D eigenvalue weighted by molar-refractivity contribution is 5.82. The van der Waals surface area contributed by atoms with Crippen LogP contribution in [0.1, 0.15) is 45.6 Å². The maximum Gasteiger partial charge on any atom is 0.432 e. The van der Waals surface area contributed by atoms with Gasteiger partial charge < -0.3 is 9.47 Å². The normalized spacial score (nSPS) is 15.3. The van der Waals surface area contributed by atoms with Gasteiger partial charge in [-0.1, -0.05) is 70.5 Å². The number of methoxy groups -OCH3 is 1. The summed E-state index contributed by atoms with van der Waals surface area (Å²) < 4.78 is 51.1. The van der Waals surface area contributed by atoms with Crippen molar-refractivity contribution < 1.29 is 27.4 Å². The van der Waals surface area contributed by atoms with Crippen molar-refractivity contribution in [2.45, 2.75) is 51.8 Å². The van der Waals surface area contributed by atoms with Gasteiger partial charge in [-0.2, -0.15) is 13.2 Å². The first-order valence-electron chi connectivity index (χ1n) is 9.08. The Balaban J connectivity index is 2.85. The van der Waals surface area contributed by atoms with E-state index >= 15 is 0 Å².